The third-order valence-electron chi connectivity index (χ3n) is 3.11. The van der Waals surface area contributed by atoms with Crippen molar-refractivity contribution in [3.05, 3.63) is 30.9 Å². The highest BCUT2D eigenvalue weighted by Crippen LogP contribution is 2.23. The zero-order valence-corrected chi connectivity index (χ0v) is 12.4. The number of hydrogen-bond donors (Lipinski definition) is 2. The minimum absolute atomic E-state index is 0.0440. The predicted molar refractivity (Wildman–Crippen MR) is 82.3 cm³/mol. The van der Waals surface area contributed by atoms with Crippen molar-refractivity contribution < 1.29 is 4.79 Å². The minimum Gasteiger partial charge on any atom is -0.383 e. The van der Waals surface area contributed by atoms with Crippen molar-refractivity contribution in [3.63, 3.8) is 0 Å². The fourth-order valence-corrected chi connectivity index (χ4v) is 1.99. The lowest BCUT2D eigenvalue weighted by molar-refractivity contribution is -0.121. The van der Waals surface area contributed by atoms with E-state index in [4.69, 9.17) is 5.73 Å². The number of nitrogens with one attached hydrogen (secondary N) is 1. The number of carbonyl (C=O) groups excluding carboxylic acids is 1. The van der Waals surface area contributed by atoms with Gasteiger partial charge in [-0.3, -0.25) is 4.79 Å². The highest BCUT2D eigenvalue weighted by Gasteiger charge is 2.10. The third kappa shape index (κ3) is 4.05. The van der Waals surface area contributed by atoms with Crippen LogP contribution in [0.25, 0.3) is 11.3 Å². The molecule has 21 heavy (non-hydrogen) atoms. The van der Waals surface area contributed by atoms with E-state index >= 15 is 0 Å². The van der Waals surface area contributed by atoms with Crippen LogP contribution in [0, 0.1) is 5.92 Å². The number of anilines is 1. The first kappa shape index (κ1) is 15.0. The molecule has 0 spiro atoms. The van der Waals surface area contributed by atoms with E-state index in [0.29, 0.717) is 31.2 Å². The lowest BCUT2D eigenvalue weighted by atomic mass is 10.2. The first-order valence-electron chi connectivity index (χ1n) is 7.05. The number of rotatable bonds is 6. The number of nitrogens with zero attached hydrogens (tertiary/aromatic N) is 3. The Hall–Kier alpha value is -2.37. The smallest absolute Gasteiger partial charge is 0.221 e. The number of amides is 1. The van der Waals surface area contributed by atoms with Crippen LogP contribution in [0.15, 0.2) is 30.9 Å². The van der Waals surface area contributed by atoms with Crippen LogP contribution in [-0.4, -0.2) is 27.0 Å². The quantitative estimate of drug-likeness (QED) is 0.846. The molecule has 0 bridgehead atoms. The van der Waals surface area contributed by atoms with Crippen LogP contribution >= 0.6 is 0 Å². The van der Waals surface area contributed by atoms with E-state index in [2.05, 4.69) is 29.1 Å². The van der Waals surface area contributed by atoms with Crippen LogP contribution in [-0.2, 0) is 11.3 Å². The molecule has 0 unspecified atom stereocenters. The minimum atomic E-state index is 0.0440. The maximum atomic E-state index is 11.8. The number of nitrogens with two attached hydrogens (primary N) is 1. The molecule has 0 fully saturated rings. The average Bonchev–Trinajstić information content (AvgIpc) is 2.91. The summed E-state index contributed by atoms with van der Waals surface area (Å²) in [6.45, 7) is 5.40. The zero-order chi connectivity index (χ0) is 15.2. The molecule has 112 valence electrons. The van der Waals surface area contributed by atoms with E-state index in [1.807, 2.05) is 16.7 Å². The average molecular weight is 287 g/mol. The molecule has 2 aromatic rings. The summed E-state index contributed by atoms with van der Waals surface area (Å²) in [6.07, 6.45) is 5.51. The van der Waals surface area contributed by atoms with Gasteiger partial charge in [0.15, 0.2) is 0 Å². The molecule has 0 aromatic carbocycles. The van der Waals surface area contributed by atoms with E-state index in [1.165, 1.54) is 0 Å². The van der Waals surface area contributed by atoms with Gasteiger partial charge >= 0.3 is 0 Å². The summed E-state index contributed by atoms with van der Waals surface area (Å²) < 4.78 is 1.92. The van der Waals surface area contributed by atoms with Crippen LogP contribution < -0.4 is 11.1 Å². The maximum Gasteiger partial charge on any atom is 0.221 e. The van der Waals surface area contributed by atoms with Gasteiger partial charge in [-0.1, -0.05) is 13.8 Å². The first-order chi connectivity index (χ1) is 10.1. The summed E-state index contributed by atoms with van der Waals surface area (Å²) in [5.41, 5.74) is 7.59. The number of aryl methyl sites for hydroxylation is 1. The molecule has 3 N–H and O–H groups in total. The van der Waals surface area contributed by atoms with Gasteiger partial charge in [-0.2, -0.15) is 0 Å². The van der Waals surface area contributed by atoms with Crippen LogP contribution in [0.1, 0.15) is 20.3 Å². The molecule has 0 saturated heterocycles. The second-order valence-electron chi connectivity index (χ2n) is 5.36. The fourth-order valence-electron chi connectivity index (χ4n) is 1.99. The SMILES string of the molecule is CC(C)CNC(=O)CCn1cncc1-c1cccnc1N. The Morgan fingerprint density at radius 2 is 2.29 bits per heavy atom. The van der Waals surface area contributed by atoms with Crippen LogP contribution in [0.3, 0.4) is 0 Å². The Balaban J connectivity index is 2.02. The van der Waals surface area contributed by atoms with E-state index in [9.17, 15) is 4.79 Å². The van der Waals surface area contributed by atoms with Gasteiger partial charge in [0.25, 0.3) is 0 Å². The predicted octanol–water partition coefficient (Wildman–Crippen LogP) is 1.69. The molecular formula is C15H21N5O. The molecule has 2 heterocycles. The van der Waals surface area contributed by atoms with Crippen molar-refractivity contribution in [3.8, 4) is 11.3 Å². The highest BCUT2D eigenvalue weighted by molar-refractivity contribution is 5.76. The summed E-state index contributed by atoms with van der Waals surface area (Å²) in [5.74, 6) is 0.957. The van der Waals surface area contributed by atoms with Crippen molar-refractivity contribution in [1.29, 1.82) is 0 Å². The van der Waals surface area contributed by atoms with E-state index in [-0.39, 0.29) is 5.91 Å². The summed E-state index contributed by atoms with van der Waals surface area (Å²) in [5, 5.41) is 2.91. The fraction of sp³-hybridized carbons (Fsp3) is 0.400. The van der Waals surface area contributed by atoms with E-state index in [0.717, 1.165) is 11.3 Å². The van der Waals surface area contributed by atoms with Crippen molar-refractivity contribution in [2.75, 3.05) is 12.3 Å². The van der Waals surface area contributed by atoms with Crippen molar-refractivity contribution in [1.82, 2.24) is 19.9 Å². The Kier molecular flexibility index (Phi) is 4.92. The van der Waals surface area contributed by atoms with Gasteiger partial charge in [0.1, 0.15) is 5.82 Å². The van der Waals surface area contributed by atoms with Gasteiger partial charge in [0.2, 0.25) is 5.91 Å². The summed E-state index contributed by atoms with van der Waals surface area (Å²) in [7, 11) is 0. The van der Waals surface area contributed by atoms with Gasteiger partial charge in [0.05, 0.1) is 18.2 Å². The first-order valence-corrected chi connectivity index (χ1v) is 7.05. The largest absolute Gasteiger partial charge is 0.383 e. The molecule has 2 rings (SSSR count). The summed E-state index contributed by atoms with van der Waals surface area (Å²) >= 11 is 0. The number of aromatic nitrogens is 3. The normalized spacial score (nSPS) is 10.8. The molecule has 0 saturated carbocycles. The zero-order valence-electron chi connectivity index (χ0n) is 12.4. The van der Waals surface area contributed by atoms with E-state index in [1.54, 1.807) is 18.7 Å². The number of pyridine rings is 1. The standard InChI is InChI=1S/C15H21N5O/c1-11(2)8-19-14(21)5-7-20-10-17-9-13(20)12-4-3-6-18-15(12)16/h3-4,6,9-11H,5,7-8H2,1-2H3,(H2,16,18)(H,19,21). The van der Waals surface area contributed by atoms with Gasteiger partial charge < -0.3 is 15.6 Å². The van der Waals surface area contributed by atoms with Crippen molar-refractivity contribution in [2.45, 2.75) is 26.8 Å². The Morgan fingerprint density at radius 3 is 3.00 bits per heavy atom. The lowest BCUT2D eigenvalue weighted by Gasteiger charge is -2.10. The Bertz CT molecular complexity index is 606. The molecule has 1 amide bonds. The van der Waals surface area contributed by atoms with Crippen LogP contribution in [0.4, 0.5) is 5.82 Å². The second-order valence-corrected chi connectivity index (χ2v) is 5.36. The highest BCUT2D eigenvalue weighted by atomic mass is 16.1. The monoisotopic (exact) mass is 287 g/mol. The molecule has 0 atom stereocenters. The van der Waals surface area contributed by atoms with E-state index < -0.39 is 0 Å². The third-order valence-corrected chi connectivity index (χ3v) is 3.11. The topological polar surface area (TPSA) is 85.8 Å². The lowest BCUT2D eigenvalue weighted by Crippen LogP contribution is -2.28. The number of nitrogen functional groups attached to an aromatic ring is 1. The molecule has 0 radical (unpaired) electrons. The molecule has 0 aliphatic heterocycles. The number of imidazole rings is 1. The van der Waals surface area contributed by atoms with Crippen molar-refractivity contribution >= 4 is 11.7 Å². The van der Waals surface area contributed by atoms with Crippen LogP contribution in [0.5, 0.6) is 0 Å². The van der Waals surface area contributed by atoms with Gasteiger partial charge in [0, 0.05) is 31.3 Å². The molecule has 0 aliphatic carbocycles. The summed E-state index contributed by atoms with van der Waals surface area (Å²) in [4.78, 5) is 20.0. The molecule has 0 aliphatic rings. The molecule has 6 nitrogen and oxygen atoms in total. The maximum absolute atomic E-state index is 11.8. The summed E-state index contributed by atoms with van der Waals surface area (Å²) in [6, 6.07) is 3.73. The molecular weight excluding hydrogens is 266 g/mol. The Labute approximate surface area is 124 Å². The van der Waals surface area contributed by atoms with Gasteiger partial charge in [-0.05, 0) is 18.1 Å². The second kappa shape index (κ2) is 6.88. The van der Waals surface area contributed by atoms with Crippen molar-refractivity contribution in [2.24, 2.45) is 5.92 Å². The molecule has 2 aromatic heterocycles. The number of carbonyl (C=O) groups is 1. The Morgan fingerprint density at radius 1 is 1.48 bits per heavy atom. The molecule has 6 heteroatoms. The van der Waals surface area contributed by atoms with Gasteiger partial charge in [-0.15, -0.1) is 0 Å². The van der Waals surface area contributed by atoms with Crippen LogP contribution in [0.2, 0.25) is 0 Å². The van der Waals surface area contributed by atoms with Gasteiger partial charge in [-0.25, -0.2) is 9.97 Å². The number of hydrogen-bond acceptors (Lipinski definition) is 4.